The minimum Gasteiger partial charge on any atom is -0.496 e. The van der Waals surface area contributed by atoms with Crippen LogP contribution in [0.1, 0.15) is 10.4 Å². The molecule has 4 amide bonds. The van der Waals surface area contributed by atoms with Crippen LogP contribution in [0.25, 0.3) is 0 Å². The number of ether oxygens (including phenoxy) is 1. The molecular formula is C21H23FN4O4S. The van der Waals surface area contributed by atoms with Crippen LogP contribution in [-0.4, -0.2) is 77.4 Å². The fourth-order valence-corrected chi connectivity index (χ4v) is 4.47. The van der Waals surface area contributed by atoms with Crippen LogP contribution in [0.15, 0.2) is 35.7 Å². The molecule has 2 fully saturated rings. The van der Waals surface area contributed by atoms with Crippen LogP contribution in [-0.2, 0) is 22.7 Å². The van der Waals surface area contributed by atoms with Crippen molar-refractivity contribution in [3.05, 3.63) is 52.0 Å². The lowest BCUT2D eigenvalue weighted by molar-refractivity contribution is -0.144. The molecule has 10 heteroatoms. The molecule has 31 heavy (non-hydrogen) atoms. The van der Waals surface area contributed by atoms with Gasteiger partial charge in [-0.15, -0.1) is 11.3 Å². The van der Waals surface area contributed by atoms with Gasteiger partial charge in [-0.05, 0) is 29.6 Å². The second kappa shape index (κ2) is 9.13. The lowest BCUT2D eigenvalue weighted by atomic mass is 10.1. The molecule has 0 atom stereocenters. The van der Waals surface area contributed by atoms with Gasteiger partial charge in [-0.1, -0.05) is 6.07 Å². The summed E-state index contributed by atoms with van der Waals surface area (Å²) < 4.78 is 18.9. The molecule has 1 aromatic carbocycles. The molecule has 0 aliphatic carbocycles. The summed E-state index contributed by atoms with van der Waals surface area (Å²) in [5.41, 5.74) is 0.774. The smallest absolute Gasteiger partial charge is 0.335 e. The van der Waals surface area contributed by atoms with Crippen LogP contribution in [0.3, 0.4) is 0 Å². The maximum Gasteiger partial charge on any atom is 0.335 e. The largest absolute Gasteiger partial charge is 0.496 e. The van der Waals surface area contributed by atoms with Gasteiger partial charge in [0.15, 0.2) is 0 Å². The molecule has 3 heterocycles. The first-order chi connectivity index (χ1) is 15.0. The van der Waals surface area contributed by atoms with Crippen molar-refractivity contribution in [2.45, 2.75) is 13.1 Å². The van der Waals surface area contributed by atoms with Crippen molar-refractivity contribution in [3.8, 4) is 5.75 Å². The van der Waals surface area contributed by atoms with E-state index in [1.165, 1.54) is 23.5 Å². The number of imide groups is 2. The van der Waals surface area contributed by atoms with Crippen molar-refractivity contribution in [2.24, 2.45) is 0 Å². The van der Waals surface area contributed by atoms with Crippen LogP contribution >= 0.6 is 11.3 Å². The molecule has 0 N–H and O–H groups in total. The van der Waals surface area contributed by atoms with Crippen LogP contribution < -0.4 is 4.74 Å². The third-order valence-electron chi connectivity index (χ3n) is 5.47. The maximum absolute atomic E-state index is 13.6. The Morgan fingerprint density at radius 3 is 2.35 bits per heavy atom. The average Bonchev–Trinajstić information content (AvgIpc) is 3.35. The summed E-state index contributed by atoms with van der Waals surface area (Å²) in [7, 11) is 1.56. The molecule has 1 aromatic heterocycles. The Kier molecular flexibility index (Phi) is 6.30. The summed E-state index contributed by atoms with van der Waals surface area (Å²) in [5.74, 6) is -1.23. The average molecular weight is 447 g/mol. The molecule has 4 rings (SSSR count). The Hall–Kier alpha value is -2.82. The maximum atomic E-state index is 13.6. The van der Waals surface area contributed by atoms with Gasteiger partial charge in [0.05, 0.1) is 20.3 Å². The van der Waals surface area contributed by atoms with Gasteiger partial charge in [-0.3, -0.25) is 24.3 Å². The summed E-state index contributed by atoms with van der Waals surface area (Å²) in [5, 5.41) is 1.86. The molecule has 2 aliphatic heterocycles. The number of urea groups is 1. The minimum atomic E-state index is -0.784. The number of hydrogen-bond donors (Lipinski definition) is 0. The Morgan fingerprint density at radius 2 is 1.68 bits per heavy atom. The van der Waals surface area contributed by atoms with E-state index in [-0.39, 0.29) is 19.0 Å². The van der Waals surface area contributed by atoms with Crippen molar-refractivity contribution >= 4 is 29.2 Å². The minimum absolute atomic E-state index is 0.0848. The zero-order valence-corrected chi connectivity index (χ0v) is 17.9. The van der Waals surface area contributed by atoms with E-state index in [4.69, 9.17) is 4.74 Å². The van der Waals surface area contributed by atoms with E-state index in [1.807, 2.05) is 22.4 Å². The zero-order chi connectivity index (χ0) is 22.0. The lowest BCUT2D eigenvalue weighted by Gasteiger charge is -2.36. The Morgan fingerprint density at radius 1 is 0.968 bits per heavy atom. The standard InChI is InChI=1S/C21H23FN4O4S/c1-30-18-5-4-16(22)11-15(18)12-23-6-8-24(9-7-23)14-26-20(28)19(27)25(21(26)29)13-17-3-2-10-31-17/h2-5,10-11H,6-9,12-14H2,1H3. The van der Waals surface area contributed by atoms with E-state index in [0.717, 1.165) is 20.2 Å². The number of nitrogens with zero attached hydrogens (tertiary/aromatic N) is 4. The van der Waals surface area contributed by atoms with Gasteiger partial charge >= 0.3 is 17.8 Å². The summed E-state index contributed by atoms with van der Waals surface area (Å²) in [6.07, 6.45) is 0. The third kappa shape index (κ3) is 4.60. The molecule has 2 saturated heterocycles. The van der Waals surface area contributed by atoms with Gasteiger partial charge in [0, 0.05) is 43.2 Å². The summed E-state index contributed by atoms with van der Waals surface area (Å²) >= 11 is 1.43. The first kappa shape index (κ1) is 21.4. The SMILES string of the molecule is COc1ccc(F)cc1CN1CCN(CN2C(=O)C(=O)N(Cc3cccs3)C2=O)CC1. The topological polar surface area (TPSA) is 73.4 Å². The first-order valence-electron chi connectivity index (χ1n) is 9.93. The molecule has 164 valence electrons. The Labute approximate surface area is 183 Å². The van der Waals surface area contributed by atoms with Gasteiger partial charge < -0.3 is 4.74 Å². The highest BCUT2D eigenvalue weighted by Gasteiger charge is 2.45. The van der Waals surface area contributed by atoms with Crippen molar-refractivity contribution < 1.29 is 23.5 Å². The Bertz CT molecular complexity index is 976. The second-order valence-corrected chi connectivity index (χ2v) is 8.51. The fourth-order valence-electron chi connectivity index (χ4n) is 3.77. The summed E-state index contributed by atoms with van der Waals surface area (Å²) in [4.78, 5) is 44.3. The number of piperazine rings is 1. The molecule has 0 bridgehead atoms. The van der Waals surface area contributed by atoms with Crippen molar-refractivity contribution in [1.82, 2.24) is 19.6 Å². The van der Waals surface area contributed by atoms with Crippen LogP contribution in [0.4, 0.5) is 9.18 Å². The highest BCUT2D eigenvalue weighted by Crippen LogP contribution is 2.23. The molecule has 0 saturated carbocycles. The van der Waals surface area contributed by atoms with Gasteiger partial charge in [0.25, 0.3) is 0 Å². The number of rotatable bonds is 7. The highest BCUT2D eigenvalue weighted by atomic mass is 32.1. The monoisotopic (exact) mass is 446 g/mol. The van der Waals surface area contributed by atoms with E-state index >= 15 is 0 Å². The fraction of sp³-hybridized carbons (Fsp3) is 0.381. The molecule has 2 aromatic rings. The number of methoxy groups -OCH3 is 1. The van der Waals surface area contributed by atoms with Crippen molar-refractivity contribution in [2.75, 3.05) is 40.0 Å². The highest BCUT2D eigenvalue weighted by molar-refractivity contribution is 7.09. The zero-order valence-electron chi connectivity index (χ0n) is 17.1. The summed E-state index contributed by atoms with van der Waals surface area (Å²) in [6.45, 7) is 3.35. The normalized spacial score (nSPS) is 18.3. The number of halogens is 1. The number of carbonyl (C=O) groups is 3. The van der Waals surface area contributed by atoms with Crippen LogP contribution in [0.5, 0.6) is 5.75 Å². The molecular weight excluding hydrogens is 423 g/mol. The molecule has 2 aliphatic rings. The van der Waals surface area contributed by atoms with E-state index in [2.05, 4.69) is 4.90 Å². The number of hydrogen-bond acceptors (Lipinski definition) is 7. The predicted molar refractivity (Wildman–Crippen MR) is 112 cm³/mol. The van der Waals surface area contributed by atoms with E-state index in [0.29, 0.717) is 38.5 Å². The lowest BCUT2D eigenvalue weighted by Crippen LogP contribution is -2.51. The molecule has 8 nitrogen and oxygen atoms in total. The van der Waals surface area contributed by atoms with Crippen molar-refractivity contribution in [3.63, 3.8) is 0 Å². The van der Waals surface area contributed by atoms with Gasteiger partial charge in [0.1, 0.15) is 11.6 Å². The number of benzene rings is 1. The van der Waals surface area contributed by atoms with E-state index < -0.39 is 17.8 Å². The van der Waals surface area contributed by atoms with Gasteiger partial charge in [-0.2, -0.15) is 0 Å². The van der Waals surface area contributed by atoms with Crippen LogP contribution in [0, 0.1) is 5.82 Å². The number of carbonyl (C=O) groups excluding carboxylic acids is 3. The first-order valence-corrected chi connectivity index (χ1v) is 10.8. The predicted octanol–water partition coefficient (Wildman–Crippen LogP) is 1.96. The second-order valence-electron chi connectivity index (χ2n) is 7.48. The Balaban J connectivity index is 1.32. The molecule has 0 spiro atoms. The summed E-state index contributed by atoms with van der Waals surface area (Å²) in [6, 6.07) is 7.54. The number of amides is 4. The molecule has 0 radical (unpaired) electrons. The van der Waals surface area contributed by atoms with Gasteiger partial charge in [-0.25, -0.2) is 14.1 Å². The number of thiophene rings is 1. The van der Waals surface area contributed by atoms with Gasteiger partial charge in [0.2, 0.25) is 0 Å². The van der Waals surface area contributed by atoms with E-state index in [1.54, 1.807) is 13.2 Å². The van der Waals surface area contributed by atoms with Crippen molar-refractivity contribution in [1.29, 1.82) is 0 Å². The third-order valence-corrected chi connectivity index (χ3v) is 6.33. The molecule has 0 unspecified atom stereocenters. The van der Waals surface area contributed by atoms with Crippen LogP contribution in [0.2, 0.25) is 0 Å². The van der Waals surface area contributed by atoms with E-state index in [9.17, 15) is 18.8 Å². The quantitative estimate of drug-likeness (QED) is 0.478.